The topological polar surface area (TPSA) is 99.8 Å². The number of fused-ring (bicyclic) bond motifs is 4. The lowest BCUT2D eigenvalue weighted by atomic mass is 9.88. The molecule has 3 aliphatic carbocycles. The van der Waals surface area contributed by atoms with Gasteiger partial charge in [0.05, 0.1) is 30.6 Å². The van der Waals surface area contributed by atoms with Gasteiger partial charge in [-0.25, -0.2) is 9.97 Å². The molecule has 0 aromatic carbocycles. The number of rotatable bonds is 3. The fraction of sp³-hybridized carbons (Fsp3) is 0.545. The molecule has 2 saturated carbocycles. The molecule has 30 heavy (non-hydrogen) atoms. The summed E-state index contributed by atoms with van der Waals surface area (Å²) in [5, 5.41) is 7.82. The number of nitrogens with one attached hydrogen (secondary N) is 2. The van der Waals surface area contributed by atoms with Gasteiger partial charge in [0.2, 0.25) is 5.91 Å². The number of carbonyl (C=O) groups is 1. The number of nitrogens with zero attached hydrogens (tertiary/aromatic N) is 4. The van der Waals surface area contributed by atoms with E-state index in [1.807, 2.05) is 13.1 Å². The summed E-state index contributed by atoms with van der Waals surface area (Å²) in [6, 6.07) is 1.96. The van der Waals surface area contributed by atoms with E-state index in [4.69, 9.17) is 4.74 Å². The standard InChI is InChI=1S/C22H24N6O2/c1-22-5-10(22)3-12-16(6-22)26-27-18(12)20-24-15-4-11(7-23-19(15)25-20)28(2)21(29)17-13-8-30-9-14(13)17/h4,7,10,13-14,17H,3,5-6,8-9H2,1-2H3,(H,26,27)(H,23,24,25)/t10-,13-,14+,17-,22-/m1/s1. The highest BCUT2D eigenvalue weighted by molar-refractivity contribution is 5.98. The molecular formula is C22H24N6O2. The van der Waals surface area contributed by atoms with Crippen molar-refractivity contribution in [3.05, 3.63) is 23.5 Å². The Morgan fingerprint density at radius 3 is 3.00 bits per heavy atom. The van der Waals surface area contributed by atoms with Crippen LogP contribution in [0, 0.1) is 29.1 Å². The summed E-state index contributed by atoms with van der Waals surface area (Å²) in [5.74, 6) is 2.56. The molecule has 2 N–H and O–H groups in total. The van der Waals surface area contributed by atoms with Crippen LogP contribution in [0.2, 0.25) is 0 Å². The second-order valence-electron chi connectivity index (χ2n) is 9.90. The number of imidazole rings is 1. The van der Waals surface area contributed by atoms with Crippen molar-refractivity contribution in [2.45, 2.75) is 26.2 Å². The Kier molecular flexibility index (Phi) is 3.11. The molecule has 0 radical (unpaired) electrons. The summed E-state index contributed by atoms with van der Waals surface area (Å²) in [4.78, 5) is 27.2. The molecule has 4 heterocycles. The first-order valence-electron chi connectivity index (χ1n) is 10.8. The van der Waals surface area contributed by atoms with E-state index in [9.17, 15) is 4.79 Å². The zero-order valence-electron chi connectivity index (χ0n) is 17.1. The van der Waals surface area contributed by atoms with Gasteiger partial charge in [-0.15, -0.1) is 0 Å². The Bertz CT molecular complexity index is 1200. The highest BCUT2D eigenvalue weighted by atomic mass is 16.5. The minimum atomic E-state index is 0.0977. The van der Waals surface area contributed by atoms with Crippen molar-refractivity contribution in [1.29, 1.82) is 0 Å². The second-order valence-corrected chi connectivity index (χ2v) is 9.90. The molecule has 4 aliphatic rings. The van der Waals surface area contributed by atoms with Gasteiger partial charge in [-0.1, -0.05) is 6.92 Å². The maximum atomic E-state index is 12.9. The predicted molar refractivity (Wildman–Crippen MR) is 110 cm³/mol. The van der Waals surface area contributed by atoms with Crippen LogP contribution in [0.1, 0.15) is 24.6 Å². The lowest BCUT2D eigenvalue weighted by Gasteiger charge is -2.18. The number of hydrogen-bond acceptors (Lipinski definition) is 5. The van der Waals surface area contributed by atoms with Crippen LogP contribution in [0.4, 0.5) is 5.69 Å². The summed E-state index contributed by atoms with van der Waals surface area (Å²) in [7, 11) is 1.83. The summed E-state index contributed by atoms with van der Waals surface area (Å²) in [6.07, 6.45) is 5.17. The number of anilines is 1. The van der Waals surface area contributed by atoms with Crippen molar-refractivity contribution < 1.29 is 9.53 Å². The van der Waals surface area contributed by atoms with Crippen molar-refractivity contribution in [3.8, 4) is 11.5 Å². The Morgan fingerprint density at radius 1 is 1.33 bits per heavy atom. The largest absolute Gasteiger partial charge is 0.381 e. The van der Waals surface area contributed by atoms with E-state index >= 15 is 0 Å². The maximum absolute atomic E-state index is 12.9. The molecule has 8 nitrogen and oxygen atoms in total. The third-order valence-corrected chi connectivity index (χ3v) is 8.02. The molecule has 1 amide bonds. The normalized spacial score (nSPS) is 33.1. The van der Waals surface area contributed by atoms with Gasteiger partial charge in [0, 0.05) is 24.2 Å². The molecular weight excluding hydrogens is 380 g/mol. The van der Waals surface area contributed by atoms with E-state index < -0.39 is 0 Å². The average Bonchev–Trinajstić information content (AvgIpc) is 3.30. The van der Waals surface area contributed by atoms with E-state index in [0.717, 1.165) is 41.5 Å². The molecule has 0 bridgehead atoms. The first-order chi connectivity index (χ1) is 14.5. The van der Waals surface area contributed by atoms with Crippen LogP contribution in [0.5, 0.6) is 0 Å². The molecule has 7 rings (SSSR count). The summed E-state index contributed by atoms with van der Waals surface area (Å²) in [6.45, 7) is 3.79. The van der Waals surface area contributed by atoms with Crippen LogP contribution in [0.25, 0.3) is 22.7 Å². The quantitative estimate of drug-likeness (QED) is 0.698. The Balaban J connectivity index is 1.19. The van der Waals surface area contributed by atoms with Gasteiger partial charge in [0.25, 0.3) is 0 Å². The number of pyridine rings is 1. The molecule has 1 saturated heterocycles. The molecule has 8 heteroatoms. The first-order valence-corrected chi connectivity index (χ1v) is 10.8. The van der Waals surface area contributed by atoms with Gasteiger partial charge in [-0.05, 0) is 48.5 Å². The van der Waals surface area contributed by atoms with Crippen LogP contribution >= 0.6 is 0 Å². The fourth-order valence-corrected chi connectivity index (χ4v) is 5.79. The van der Waals surface area contributed by atoms with E-state index in [2.05, 4.69) is 32.1 Å². The lowest BCUT2D eigenvalue weighted by Crippen LogP contribution is -2.30. The van der Waals surface area contributed by atoms with Gasteiger partial charge >= 0.3 is 0 Å². The summed E-state index contributed by atoms with van der Waals surface area (Å²) in [5.41, 5.74) is 6.17. The average molecular weight is 404 g/mol. The van der Waals surface area contributed by atoms with Gasteiger partial charge in [-0.2, -0.15) is 5.10 Å². The number of ether oxygens (including phenoxy) is 1. The molecule has 0 spiro atoms. The molecule has 0 unspecified atom stereocenters. The molecule has 154 valence electrons. The molecule has 5 atom stereocenters. The molecule has 3 aromatic rings. The summed E-state index contributed by atoms with van der Waals surface area (Å²) < 4.78 is 5.42. The Morgan fingerprint density at radius 2 is 2.17 bits per heavy atom. The van der Waals surface area contributed by atoms with Crippen LogP contribution in [-0.4, -0.2) is 51.3 Å². The maximum Gasteiger partial charge on any atom is 0.230 e. The number of H-pyrrole nitrogens is 2. The number of hydrogen-bond donors (Lipinski definition) is 2. The van der Waals surface area contributed by atoms with E-state index in [-0.39, 0.29) is 11.8 Å². The van der Waals surface area contributed by atoms with Crippen molar-refractivity contribution in [1.82, 2.24) is 25.1 Å². The third-order valence-electron chi connectivity index (χ3n) is 8.02. The van der Waals surface area contributed by atoms with E-state index in [1.165, 1.54) is 17.7 Å². The zero-order valence-corrected chi connectivity index (χ0v) is 17.1. The highest BCUT2D eigenvalue weighted by Gasteiger charge is 2.58. The van der Waals surface area contributed by atoms with Crippen LogP contribution in [-0.2, 0) is 22.4 Å². The molecule has 1 aliphatic heterocycles. The minimum absolute atomic E-state index is 0.0977. The van der Waals surface area contributed by atoms with Crippen LogP contribution in [0.3, 0.4) is 0 Å². The lowest BCUT2D eigenvalue weighted by molar-refractivity contribution is -0.120. The first kappa shape index (κ1) is 17.0. The number of aromatic nitrogens is 5. The third kappa shape index (κ3) is 2.25. The smallest absolute Gasteiger partial charge is 0.230 e. The van der Waals surface area contributed by atoms with Crippen molar-refractivity contribution in [2.24, 2.45) is 29.1 Å². The Hall–Kier alpha value is -2.74. The number of carbonyl (C=O) groups excluding carboxylic acids is 1. The van der Waals surface area contributed by atoms with Crippen LogP contribution < -0.4 is 4.90 Å². The van der Waals surface area contributed by atoms with Crippen molar-refractivity contribution >= 4 is 22.8 Å². The Labute approximate surface area is 173 Å². The zero-order chi connectivity index (χ0) is 20.2. The molecule has 3 aromatic heterocycles. The minimum Gasteiger partial charge on any atom is -0.381 e. The van der Waals surface area contributed by atoms with Gasteiger partial charge in [0.15, 0.2) is 11.5 Å². The van der Waals surface area contributed by atoms with Crippen molar-refractivity contribution in [3.63, 3.8) is 0 Å². The van der Waals surface area contributed by atoms with Gasteiger partial charge in [-0.3, -0.25) is 9.89 Å². The SMILES string of the molecule is CN(C(=O)[C@@H]1[C@@H]2COC[C@@H]21)c1cnc2nc(-c3n[nH]c4c3C[C@@H]3C[C@]3(C)C4)[nH]c2c1. The van der Waals surface area contributed by atoms with Crippen LogP contribution in [0.15, 0.2) is 12.3 Å². The number of aromatic amines is 2. The second kappa shape index (κ2) is 5.49. The molecule has 3 fully saturated rings. The monoisotopic (exact) mass is 404 g/mol. The summed E-state index contributed by atoms with van der Waals surface area (Å²) >= 11 is 0. The fourth-order valence-electron chi connectivity index (χ4n) is 5.79. The highest BCUT2D eigenvalue weighted by Crippen LogP contribution is 2.59. The number of amides is 1. The van der Waals surface area contributed by atoms with Crippen molar-refractivity contribution in [2.75, 3.05) is 25.2 Å². The van der Waals surface area contributed by atoms with E-state index in [0.29, 0.717) is 36.1 Å². The van der Waals surface area contributed by atoms with Gasteiger partial charge in [0.1, 0.15) is 5.69 Å². The van der Waals surface area contributed by atoms with E-state index in [1.54, 1.807) is 11.1 Å². The predicted octanol–water partition coefficient (Wildman–Crippen LogP) is 2.33. The van der Waals surface area contributed by atoms with Gasteiger partial charge < -0.3 is 14.6 Å².